The number of carboxylic acid groups (broad SMARTS) is 1. The van der Waals surface area contributed by atoms with Crippen LogP contribution in [0.5, 0.6) is 0 Å². The highest BCUT2D eigenvalue weighted by atomic mass is 31.1. The van der Waals surface area contributed by atoms with Crippen molar-refractivity contribution in [2.45, 2.75) is 13.3 Å². The van der Waals surface area contributed by atoms with Crippen molar-refractivity contribution in [3.63, 3.8) is 0 Å². The van der Waals surface area contributed by atoms with E-state index in [1.807, 2.05) is 0 Å². The zero-order valence-corrected chi connectivity index (χ0v) is 12.2. The van der Waals surface area contributed by atoms with Crippen molar-refractivity contribution in [3.8, 4) is 0 Å². The Bertz CT molecular complexity index is 612. The largest absolute Gasteiger partial charge is 0.478 e. The molecule has 7 nitrogen and oxygen atoms in total. The van der Waals surface area contributed by atoms with Gasteiger partial charge in [-0.15, -0.1) is 0 Å². The summed E-state index contributed by atoms with van der Waals surface area (Å²) in [5, 5.41) is 13.9. The Morgan fingerprint density at radius 1 is 1.24 bits per heavy atom. The quantitative estimate of drug-likeness (QED) is 0.423. The van der Waals surface area contributed by atoms with Crippen LogP contribution in [-0.4, -0.2) is 23.7 Å². The molecule has 0 radical (unpaired) electrons. The van der Waals surface area contributed by atoms with E-state index >= 15 is 0 Å². The number of carbonyl (C=O) groups excluding carboxylic acids is 1. The summed E-state index contributed by atoms with van der Waals surface area (Å²) in [6.45, 7) is 1.77. The topological polar surface area (TPSA) is 113 Å². The molecule has 0 heterocycles. The van der Waals surface area contributed by atoms with Gasteiger partial charge in [0, 0.05) is 17.8 Å². The maximum absolute atomic E-state index is 11.5. The number of nitrogens with one attached hydrogen (secondary N) is 2. The lowest BCUT2D eigenvalue weighted by Gasteiger charge is -2.06. The summed E-state index contributed by atoms with van der Waals surface area (Å²) in [5.41, 5.74) is 0.685. The van der Waals surface area contributed by atoms with Crippen LogP contribution in [0.25, 0.3) is 0 Å². The van der Waals surface area contributed by atoms with Crippen LogP contribution in [0.15, 0.2) is 35.9 Å². The number of urea groups is 1. The molecule has 0 unspecified atom stereocenters. The summed E-state index contributed by atoms with van der Waals surface area (Å²) in [5.74, 6) is -0.990. The van der Waals surface area contributed by atoms with Gasteiger partial charge in [-0.25, -0.2) is 18.7 Å². The molecule has 112 valence electrons. The summed E-state index contributed by atoms with van der Waals surface area (Å²) in [6, 6.07) is 5.29. The molecule has 0 saturated heterocycles. The fourth-order valence-corrected chi connectivity index (χ4v) is 1.80. The highest BCUT2D eigenvalue weighted by Crippen LogP contribution is 2.09. The van der Waals surface area contributed by atoms with Crippen LogP contribution in [0.3, 0.4) is 0 Å². The van der Waals surface area contributed by atoms with E-state index in [9.17, 15) is 18.7 Å². The van der Waals surface area contributed by atoms with Gasteiger partial charge in [-0.1, -0.05) is 6.08 Å². The zero-order valence-electron chi connectivity index (χ0n) is 11.3. The van der Waals surface area contributed by atoms with Gasteiger partial charge in [0.05, 0.1) is 5.30 Å². The molecule has 8 heteroatoms. The van der Waals surface area contributed by atoms with Gasteiger partial charge >= 0.3 is 19.7 Å². The predicted octanol–water partition coefficient (Wildman–Crippen LogP) is 2.03. The van der Waals surface area contributed by atoms with Crippen LogP contribution >= 0.6 is 7.68 Å². The lowest BCUT2D eigenvalue weighted by Crippen LogP contribution is -2.29. The first-order chi connectivity index (χ1) is 9.90. The number of carboxylic acids is 1. The van der Waals surface area contributed by atoms with Crippen LogP contribution in [0.2, 0.25) is 0 Å². The normalized spacial score (nSPS) is 10.8. The fraction of sp³-hybridized carbons (Fsp3) is 0.231. The van der Waals surface area contributed by atoms with Crippen LogP contribution < -0.4 is 15.9 Å². The van der Waals surface area contributed by atoms with E-state index < -0.39 is 19.7 Å². The second-order valence-corrected chi connectivity index (χ2v) is 5.20. The summed E-state index contributed by atoms with van der Waals surface area (Å²) in [6.07, 6.45) is 1.92. The number of benzene rings is 1. The number of amides is 2. The molecule has 0 saturated carbocycles. The number of hydrogen-bond donors (Lipinski definition) is 3. The molecule has 21 heavy (non-hydrogen) atoms. The Hall–Kier alpha value is -2.40. The molecule has 0 aliphatic carbocycles. The van der Waals surface area contributed by atoms with Gasteiger partial charge in [-0.05, 0) is 37.6 Å². The highest BCUT2D eigenvalue weighted by Gasteiger charge is 2.03. The molecule has 1 rings (SSSR count). The Balaban J connectivity index is 2.40. The summed E-state index contributed by atoms with van der Waals surface area (Å²) < 4.78 is 21.4. The standard InChI is InChI=1S/C13H15N2O5P/c1-9(12(16)17)3-2-8-14-13(18)15-10-4-6-11(7-5-10)21(19)20/h3-7H,2,8H2,1H3,(H,16,17)(H2,14,15,18). The van der Waals surface area contributed by atoms with Crippen molar-refractivity contribution in [2.75, 3.05) is 11.9 Å². The molecule has 1 aromatic rings. The van der Waals surface area contributed by atoms with Gasteiger partial charge in [-0.3, -0.25) is 0 Å². The third-order valence-corrected chi connectivity index (χ3v) is 3.27. The molecule has 2 amide bonds. The van der Waals surface area contributed by atoms with Gasteiger partial charge in [0.2, 0.25) is 0 Å². The second kappa shape index (κ2) is 8.01. The summed E-state index contributed by atoms with van der Waals surface area (Å²) in [7, 11) is -2.63. The van der Waals surface area contributed by atoms with Crippen LogP contribution in [-0.2, 0) is 13.9 Å². The van der Waals surface area contributed by atoms with E-state index in [1.54, 1.807) is 0 Å². The van der Waals surface area contributed by atoms with Gasteiger partial charge in [0.15, 0.2) is 0 Å². The number of anilines is 1. The van der Waals surface area contributed by atoms with Crippen molar-refractivity contribution in [3.05, 3.63) is 35.9 Å². The van der Waals surface area contributed by atoms with Gasteiger partial charge < -0.3 is 15.7 Å². The molecule has 0 aliphatic heterocycles. The second-order valence-electron chi connectivity index (χ2n) is 4.17. The molecular formula is C13H15N2O5P. The third-order valence-electron chi connectivity index (χ3n) is 2.55. The molecule has 0 atom stereocenters. The monoisotopic (exact) mass is 310 g/mol. The Labute approximate surface area is 121 Å². The minimum atomic E-state index is -2.63. The van der Waals surface area contributed by atoms with Gasteiger partial charge in [0.1, 0.15) is 0 Å². The molecule has 0 bridgehead atoms. The van der Waals surface area contributed by atoms with Gasteiger partial charge in [-0.2, -0.15) is 0 Å². The lowest BCUT2D eigenvalue weighted by atomic mass is 10.2. The first-order valence-corrected chi connectivity index (χ1v) is 7.27. The van der Waals surface area contributed by atoms with Crippen molar-refractivity contribution in [1.82, 2.24) is 5.32 Å². The van der Waals surface area contributed by atoms with Crippen molar-refractivity contribution in [1.29, 1.82) is 0 Å². The van der Waals surface area contributed by atoms with E-state index in [1.165, 1.54) is 37.3 Å². The molecular weight excluding hydrogens is 295 g/mol. The molecule has 0 aliphatic rings. The van der Waals surface area contributed by atoms with Crippen LogP contribution in [0, 0.1) is 0 Å². The molecule has 0 aromatic heterocycles. The molecule has 3 N–H and O–H groups in total. The SMILES string of the molecule is CC(=CCCNC(=O)Nc1ccc(P(=O)=O)cc1)C(=O)O. The van der Waals surface area contributed by atoms with Crippen LogP contribution in [0.4, 0.5) is 10.5 Å². The minimum absolute atomic E-state index is 0.172. The first-order valence-electron chi connectivity index (χ1n) is 6.09. The number of hydrogen-bond acceptors (Lipinski definition) is 4. The molecule has 0 fully saturated rings. The van der Waals surface area contributed by atoms with Gasteiger partial charge in [0.25, 0.3) is 0 Å². The average Bonchev–Trinajstić information content (AvgIpc) is 2.43. The number of rotatable bonds is 6. The van der Waals surface area contributed by atoms with E-state index in [-0.39, 0.29) is 10.9 Å². The Morgan fingerprint density at radius 2 is 1.86 bits per heavy atom. The molecule has 0 spiro atoms. The van der Waals surface area contributed by atoms with Crippen LogP contribution in [0.1, 0.15) is 13.3 Å². The summed E-state index contributed by atoms with van der Waals surface area (Å²) >= 11 is 0. The van der Waals surface area contributed by atoms with E-state index in [4.69, 9.17) is 5.11 Å². The van der Waals surface area contributed by atoms with E-state index in [2.05, 4.69) is 10.6 Å². The molecule has 1 aromatic carbocycles. The number of carbonyl (C=O) groups is 2. The maximum atomic E-state index is 11.5. The number of aliphatic carboxylic acids is 1. The van der Waals surface area contributed by atoms with E-state index in [0.717, 1.165) is 0 Å². The summed E-state index contributed by atoms with van der Waals surface area (Å²) in [4.78, 5) is 22.1. The predicted molar refractivity (Wildman–Crippen MR) is 77.4 cm³/mol. The zero-order chi connectivity index (χ0) is 15.8. The van der Waals surface area contributed by atoms with Crippen molar-refractivity contribution >= 4 is 30.7 Å². The third kappa shape index (κ3) is 6.05. The first kappa shape index (κ1) is 16.7. The fourth-order valence-electron chi connectivity index (χ4n) is 1.40. The average molecular weight is 310 g/mol. The van der Waals surface area contributed by atoms with Crippen molar-refractivity contribution in [2.24, 2.45) is 0 Å². The van der Waals surface area contributed by atoms with E-state index in [0.29, 0.717) is 18.7 Å². The lowest BCUT2D eigenvalue weighted by molar-refractivity contribution is -0.132. The Morgan fingerprint density at radius 3 is 2.38 bits per heavy atom. The maximum Gasteiger partial charge on any atom is 0.348 e. The van der Waals surface area contributed by atoms with Crippen molar-refractivity contribution < 1.29 is 23.8 Å². The smallest absolute Gasteiger partial charge is 0.348 e. The Kier molecular flexibility index (Phi) is 6.36. The minimum Gasteiger partial charge on any atom is -0.478 e. The highest BCUT2D eigenvalue weighted by molar-refractivity contribution is 7.40.